The van der Waals surface area contributed by atoms with Crippen molar-refractivity contribution in [1.82, 2.24) is 29.2 Å². The second-order valence-electron chi connectivity index (χ2n) is 8.65. The zero-order valence-electron chi connectivity index (χ0n) is 18.0. The molecule has 1 fully saturated rings. The summed E-state index contributed by atoms with van der Waals surface area (Å²) >= 11 is 0. The normalized spacial score (nSPS) is 18.9. The summed E-state index contributed by atoms with van der Waals surface area (Å²) in [7, 11) is 0. The van der Waals surface area contributed by atoms with Crippen LogP contribution in [0.1, 0.15) is 61.8 Å². The highest BCUT2D eigenvalue weighted by Gasteiger charge is 2.34. The summed E-state index contributed by atoms with van der Waals surface area (Å²) in [6.07, 6.45) is 8.18. The van der Waals surface area contributed by atoms with Crippen molar-refractivity contribution in [2.75, 3.05) is 6.54 Å². The lowest BCUT2D eigenvalue weighted by Crippen LogP contribution is -2.33. The number of likely N-dealkylation sites (tertiary alicyclic amines) is 1. The monoisotopic (exact) mass is 420 g/mol. The van der Waals surface area contributed by atoms with E-state index in [1.54, 1.807) is 17.0 Å². The summed E-state index contributed by atoms with van der Waals surface area (Å²) in [4.78, 5) is 32.3. The third kappa shape index (κ3) is 3.64. The van der Waals surface area contributed by atoms with Gasteiger partial charge in [0.1, 0.15) is 5.82 Å². The topological polar surface area (TPSA) is 85.9 Å². The van der Waals surface area contributed by atoms with E-state index in [-0.39, 0.29) is 23.9 Å². The van der Waals surface area contributed by atoms with Crippen molar-refractivity contribution in [2.24, 2.45) is 0 Å². The Hall–Kier alpha value is -3.03. The first kappa shape index (κ1) is 19.9. The van der Waals surface area contributed by atoms with Gasteiger partial charge in [-0.25, -0.2) is 4.98 Å². The molecule has 2 aliphatic heterocycles. The van der Waals surface area contributed by atoms with Gasteiger partial charge in [0.2, 0.25) is 5.91 Å². The Morgan fingerprint density at radius 3 is 2.94 bits per heavy atom. The van der Waals surface area contributed by atoms with Crippen LogP contribution in [0.25, 0.3) is 10.9 Å². The van der Waals surface area contributed by atoms with E-state index >= 15 is 0 Å². The van der Waals surface area contributed by atoms with Crippen LogP contribution in [0.4, 0.5) is 0 Å². The molecule has 0 bridgehead atoms. The van der Waals surface area contributed by atoms with Gasteiger partial charge in [-0.05, 0) is 44.2 Å². The molecule has 0 unspecified atom stereocenters. The van der Waals surface area contributed by atoms with Gasteiger partial charge in [0, 0.05) is 32.5 Å². The maximum Gasteiger partial charge on any atom is 0.261 e. The molecule has 0 saturated carbocycles. The third-order valence-corrected chi connectivity index (χ3v) is 6.63. The summed E-state index contributed by atoms with van der Waals surface area (Å²) in [5.41, 5.74) is 1.61. The molecule has 8 nitrogen and oxygen atoms in total. The molecule has 1 atom stereocenters. The second-order valence-corrected chi connectivity index (χ2v) is 8.65. The molecule has 0 N–H and O–H groups in total. The van der Waals surface area contributed by atoms with Crippen LogP contribution in [0.3, 0.4) is 0 Å². The molecule has 1 aromatic carbocycles. The molecule has 5 rings (SSSR count). The molecule has 8 heteroatoms. The maximum atomic E-state index is 13.1. The van der Waals surface area contributed by atoms with Crippen LogP contribution in [0, 0.1) is 6.92 Å². The van der Waals surface area contributed by atoms with E-state index in [0.29, 0.717) is 11.9 Å². The minimum Gasteiger partial charge on any atom is -0.332 e. The van der Waals surface area contributed by atoms with Crippen molar-refractivity contribution < 1.29 is 4.79 Å². The molecular weight excluding hydrogens is 392 g/mol. The fourth-order valence-electron chi connectivity index (χ4n) is 4.94. The number of aromatic nitrogens is 5. The first-order valence-electron chi connectivity index (χ1n) is 11.3. The van der Waals surface area contributed by atoms with Gasteiger partial charge in [-0.2, -0.15) is 0 Å². The number of hydrogen-bond acceptors (Lipinski definition) is 5. The van der Waals surface area contributed by atoms with Gasteiger partial charge in [-0.3, -0.25) is 14.2 Å². The summed E-state index contributed by atoms with van der Waals surface area (Å²) in [6, 6.07) is 5.60. The maximum absolute atomic E-state index is 13.1. The molecule has 0 aliphatic carbocycles. The molecule has 2 aromatic heterocycles. The van der Waals surface area contributed by atoms with Gasteiger partial charge in [0.15, 0.2) is 5.82 Å². The molecule has 0 radical (unpaired) electrons. The highest BCUT2D eigenvalue weighted by atomic mass is 16.2. The highest BCUT2D eigenvalue weighted by Crippen LogP contribution is 2.32. The van der Waals surface area contributed by atoms with Gasteiger partial charge in [0.25, 0.3) is 5.56 Å². The SMILES string of the molecule is Cc1cccc2c(=O)n(CCC(=O)N3CCC[C@H]3c3nnc4n3CCCCC4)cnc12. The van der Waals surface area contributed by atoms with E-state index in [4.69, 9.17) is 0 Å². The van der Waals surface area contributed by atoms with Crippen molar-refractivity contribution in [2.45, 2.75) is 71.0 Å². The Morgan fingerprint density at radius 2 is 2.03 bits per heavy atom. The first-order valence-corrected chi connectivity index (χ1v) is 11.3. The molecule has 1 saturated heterocycles. The average Bonchev–Trinajstić information content (AvgIpc) is 3.34. The lowest BCUT2D eigenvalue weighted by molar-refractivity contribution is -0.132. The number of aryl methyl sites for hydroxylation is 3. The standard InChI is InChI=1S/C23H28N6O2/c1-16-7-5-8-17-21(16)24-15-27(23(17)31)14-11-20(30)28-13-6-9-18(28)22-26-25-19-10-3-2-4-12-29(19)22/h5,7-8,15,18H,2-4,6,9-14H2,1H3/t18-/m0/s1. The van der Waals surface area contributed by atoms with Crippen LogP contribution in [0.2, 0.25) is 0 Å². The Labute approximate surface area is 180 Å². The predicted molar refractivity (Wildman–Crippen MR) is 117 cm³/mol. The summed E-state index contributed by atoms with van der Waals surface area (Å²) in [5, 5.41) is 9.50. The zero-order chi connectivity index (χ0) is 21.4. The van der Waals surface area contributed by atoms with E-state index in [1.807, 2.05) is 24.0 Å². The number of amides is 1. The number of nitrogens with zero attached hydrogens (tertiary/aromatic N) is 6. The Bertz CT molecular complexity index is 1180. The molecule has 31 heavy (non-hydrogen) atoms. The number of carbonyl (C=O) groups excluding carboxylic acids is 1. The lowest BCUT2D eigenvalue weighted by atomic mass is 10.1. The third-order valence-electron chi connectivity index (χ3n) is 6.63. The molecule has 1 amide bonds. The van der Waals surface area contributed by atoms with Crippen LogP contribution in [-0.4, -0.2) is 41.7 Å². The number of fused-ring (bicyclic) bond motifs is 2. The zero-order valence-corrected chi connectivity index (χ0v) is 18.0. The molecule has 3 aromatic rings. The number of rotatable bonds is 4. The van der Waals surface area contributed by atoms with Crippen LogP contribution in [0.5, 0.6) is 0 Å². The molecule has 162 valence electrons. The van der Waals surface area contributed by atoms with Crippen molar-refractivity contribution in [3.05, 3.63) is 52.1 Å². The fraction of sp³-hybridized carbons (Fsp3) is 0.522. The predicted octanol–water partition coefficient (Wildman–Crippen LogP) is 2.78. The number of carbonyl (C=O) groups is 1. The van der Waals surface area contributed by atoms with E-state index in [1.165, 1.54) is 6.42 Å². The largest absolute Gasteiger partial charge is 0.332 e. The summed E-state index contributed by atoms with van der Waals surface area (Å²) in [5.74, 6) is 2.04. The van der Waals surface area contributed by atoms with Gasteiger partial charge < -0.3 is 9.47 Å². The van der Waals surface area contributed by atoms with Crippen LogP contribution >= 0.6 is 0 Å². The van der Waals surface area contributed by atoms with E-state index in [9.17, 15) is 9.59 Å². The smallest absolute Gasteiger partial charge is 0.261 e. The summed E-state index contributed by atoms with van der Waals surface area (Å²) < 4.78 is 3.79. The Balaban J connectivity index is 1.33. The van der Waals surface area contributed by atoms with Gasteiger partial charge in [-0.15, -0.1) is 10.2 Å². The van der Waals surface area contributed by atoms with Crippen molar-refractivity contribution in [1.29, 1.82) is 0 Å². The second kappa shape index (κ2) is 8.24. The average molecular weight is 421 g/mol. The van der Waals surface area contributed by atoms with Gasteiger partial charge in [-0.1, -0.05) is 18.6 Å². The molecule has 2 aliphatic rings. The number of benzene rings is 1. The quantitative estimate of drug-likeness (QED) is 0.648. The molecule has 0 spiro atoms. The Kier molecular flexibility index (Phi) is 5.29. The van der Waals surface area contributed by atoms with Crippen LogP contribution < -0.4 is 5.56 Å². The van der Waals surface area contributed by atoms with Crippen molar-refractivity contribution >= 4 is 16.8 Å². The van der Waals surface area contributed by atoms with Crippen LogP contribution in [-0.2, 0) is 24.3 Å². The highest BCUT2D eigenvalue weighted by molar-refractivity contribution is 5.80. The van der Waals surface area contributed by atoms with Crippen molar-refractivity contribution in [3.63, 3.8) is 0 Å². The van der Waals surface area contributed by atoms with E-state index < -0.39 is 0 Å². The Morgan fingerprint density at radius 1 is 1.13 bits per heavy atom. The molecule has 4 heterocycles. The van der Waals surface area contributed by atoms with E-state index in [2.05, 4.69) is 19.7 Å². The molecular formula is C23H28N6O2. The lowest BCUT2D eigenvalue weighted by Gasteiger charge is -2.25. The first-order chi connectivity index (χ1) is 15.1. The number of para-hydroxylation sites is 1. The van der Waals surface area contributed by atoms with E-state index in [0.717, 1.165) is 67.9 Å². The number of hydrogen-bond donors (Lipinski definition) is 0. The minimum atomic E-state index is -0.0951. The van der Waals surface area contributed by atoms with Crippen molar-refractivity contribution in [3.8, 4) is 0 Å². The fourth-order valence-corrected chi connectivity index (χ4v) is 4.94. The minimum absolute atomic E-state index is 0.0130. The van der Waals surface area contributed by atoms with Gasteiger partial charge in [0.05, 0.1) is 23.3 Å². The van der Waals surface area contributed by atoms with Gasteiger partial charge >= 0.3 is 0 Å². The summed E-state index contributed by atoms with van der Waals surface area (Å²) in [6.45, 7) is 3.95. The van der Waals surface area contributed by atoms with Crippen LogP contribution in [0.15, 0.2) is 29.3 Å².